The highest BCUT2D eigenvalue weighted by Gasteiger charge is 2.08. The fourth-order valence-electron chi connectivity index (χ4n) is 1.64. The fourth-order valence-corrected chi connectivity index (χ4v) is 1.86. The third-order valence-corrected chi connectivity index (χ3v) is 3.28. The van der Waals surface area contributed by atoms with E-state index in [-0.39, 0.29) is 0 Å². The highest BCUT2D eigenvalue weighted by Crippen LogP contribution is 2.23. The van der Waals surface area contributed by atoms with Gasteiger partial charge in [0.1, 0.15) is 10.9 Å². The number of hydrogen-bond acceptors (Lipinski definition) is 3. The summed E-state index contributed by atoms with van der Waals surface area (Å²) in [6, 6.07) is 7.76. The van der Waals surface area contributed by atoms with Crippen LogP contribution in [0.4, 0.5) is 0 Å². The van der Waals surface area contributed by atoms with E-state index < -0.39 is 0 Å². The van der Waals surface area contributed by atoms with Crippen LogP contribution < -0.4 is 4.74 Å². The lowest BCUT2D eigenvalue weighted by atomic mass is 10.2. The van der Waals surface area contributed by atoms with Gasteiger partial charge in [-0.05, 0) is 44.5 Å². The first-order valence-corrected chi connectivity index (χ1v) is 6.73. The second kappa shape index (κ2) is 6.02. The standard InChI is InChI=1S/C15H17ClN2O/c1-4-9-19-13-7-5-12(6-8-13)15-17-11(3)10(2)14(16)18-15/h5-8H,4,9H2,1-3H3. The summed E-state index contributed by atoms with van der Waals surface area (Å²) >= 11 is 6.09. The Balaban J connectivity index is 2.27. The normalized spacial score (nSPS) is 10.5. The molecule has 100 valence electrons. The van der Waals surface area contributed by atoms with Gasteiger partial charge in [-0.3, -0.25) is 0 Å². The monoisotopic (exact) mass is 276 g/mol. The highest BCUT2D eigenvalue weighted by molar-refractivity contribution is 6.30. The SMILES string of the molecule is CCCOc1ccc(-c2nc(C)c(C)c(Cl)n2)cc1. The van der Waals surface area contributed by atoms with E-state index in [1.165, 1.54) is 0 Å². The third-order valence-electron chi connectivity index (χ3n) is 2.92. The van der Waals surface area contributed by atoms with Gasteiger partial charge in [-0.2, -0.15) is 0 Å². The molecule has 0 aliphatic carbocycles. The molecule has 4 heteroatoms. The van der Waals surface area contributed by atoms with Crippen molar-refractivity contribution < 1.29 is 4.74 Å². The van der Waals surface area contributed by atoms with Crippen molar-refractivity contribution >= 4 is 11.6 Å². The van der Waals surface area contributed by atoms with Gasteiger partial charge in [0, 0.05) is 16.8 Å². The minimum Gasteiger partial charge on any atom is -0.494 e. The lowest BCUT2D eigenvalue weighted by molar-refractivity contribution is 0.317. The van der Waals surface area contributed by atoms with E-state index in [9.17, 15) is 0 Å². The number of rotatable bonds is 4. The zero-order valence-electron chi connectivity index (χ0n) is 11.4. The predicted molar refractivity (Wildman–Crippen MR) is 77.7 cm³/mol. The maximum atomic E-state index is 6.09. The van der Waals surface area contributed by atoms with Gasteiger partial charge in [0.25, 0.3) is 0 Å². The van der Waals surface area contributed by atoms with Crippen LogP contribution in [0.3, 0.4) is 0 Å². The van der Waals surface area contributed by atoms with Crippen LogP contribution in [-0.4, -0.2) is 16.6 Å². The Bertz CT molecular complexity index is 544. The number of aromatic nitrogens is 2. The molecular weight excluding hydrogens is 260 g/mol. The fraction of sp³-hybridized carbons (Fsp3) is 0.333. The van der Waals surface area contributed by atoms with Crippen molar-refractivity contribution in [2.45, 2.75) is 27.2 Å². The summed E-state index contributed by atoms with van der Waals surface area (Å²) in [4.78, 5) is 8.77. The molecule has 0 saturated heterocycles. The van der Waals surface area contributed by atoms with Crippen LogP contribution in [-0.2, 0) is 0 Å². The quantitative estimate of drug-likeness (QED) is 0.785. The van der Waals surface area contributed by atoms with Crippen LogP contribution >= 0.6 is 11.6 Å². The Kier molecular flexibility index (Phi) is 4.38. The number of halogens is 1. The van der Waals surface area contributed by atoms with Crippen molar-refractivity contribution in [1.29, 1.82) is 0 Å². The van der Waals surface area contributed by atoms with Crippen LogP contribution in [0, 0.1) is 13.8 Å². The van der Waals surface area contributed by atoms with Gasteiger partial charge in [0.05, 0.1) is 6.61 Å². The van der Waals surface area contributed by atoms with Crippen molar-refractivity contribution in [3.05, 3.63) is 40.7 Å². The summed E-state index contributed by atoms with van der Waals surface area (Å²) in [6.07, 6.45) is 0.998. The van der Waals surface area contributed by atoms with E-state index in [4.69, 9.17) is 16.3 Å². The number of benzene rings is 1. The van der Waals surface area contributed by atoms with Crippen molar-refractivity contribution in [2.24, 2.45) is 0 Å². The first kappa shape index (κ1) is 13.8. The first-order chi connectivity index (χ1) is 9.11. The predicted octanol–water partition coefficient (Wildman–Crippen LogP) is 4.20. The van der Waals surface area contributed by atoms with Crippen molar-refractivity contribution in [1.82, 2.24) is 9.97 Å². The number of ether oxygens (including phenoxy) is 1. The number of hydrogen-bond donors (Lipinski definition) is 0. The summed E-state index contributed by atoms with van der Waals surface area (Å²) in [5.74, 6) is 1.51. The smallest absolute Gasteiger partial charge is 0.161 e. The topological polar surface area (TPSA) is 35.0 Å². The molecule has 0 unspecified atom stereocenters. The molecule has 0 aliphatic rings. The van der Waals surface area contributed by atoms with Crippen LogP contribution in [0.2, 0.25) is 5.15 Å². The summed E-state index contributed by atoms with van der Waals surface area (Å²) in [7, 11) is 0. The van der Waals surface area contributed by atoms with Gasteiger partial charge in [-0.15, -0.1) is 0 Å². The van der Waals surface area contributed by atoms with Gasteiger partial charge in [-0.1, -0.05) is 18.5 Å². The zero-order chi connectivity index (χ0) is 13.8. The van der Waals surface area contributed by atoms with Gasteiger partial charge >= 0.3 is 0 Å². The molecule has 3 nitrogen and oxygen atoms in total. The lowest BCUT2D eigenvalue weighted by Gasteiger charge is -2.07. The van der Waals surface area contributed by atoms with E-state index in [2.05, 4.69) is 16.9 Å². The average Bonchev–Trinajstić information content (AvgIpc) is 2.42. The van der Waals surface area contributed by atoms with Gasteiger partial charge in [0.2, 0.25) is 0 Å². The third kappa shape index (κ3) is 3.24. The summed E-state index contributed by atoms with van der Waals surface area (Å²) < 4.78 is 5.55. The maximum Gasteiger partial charge on any atom is 0.161 e. The maximum absolute atomic E-state index is 6.09. The molecular formula is C15H17ClN2O. The molecule has 0 bridgehead atoms. The molecule has 0 N–H and O–H groups in total. The molecule has 1 heterocycles. The Labute approximate surface area is 118 Å². The minimum atomic E-state index is 0.508. The Hall–Kier alpha value is -1.61. The van der Waals surface area contributed by atoms with E-state index in [1.807, 2.05) is 38.1 Å². The summed E-state index contributed by atoms with van der Waals surface area (Å²) in [5.41, 5.74) is 2.77. The second-order valence-corrected chi connectivity index (χ2v) is 4.78. The van der Waals surface area contributed by atoms with E-state index in [1.54, 1.807) is 0 Å². The van der Waals surface area contributed by atoms with Crippen molar-refractivity contribution in [2.75, 3.05) is 6.61 Å². The van der Waals surface area contributed by atoms with Crippen LogP contribution in [0.25, 0.3) is 11.4 Å². The number of aryl methyl sites for hydroxylation is 1. The summed E-state index contributed by atoms with van der Waals surface area (Å²) in [6.45, 7) is 6.67. The zero-order valence-corrected chi connectivity index (χ0v) is 12.2. The van der Waals surface area contributed by atoms with E-state index in [0.29, 0.717) is 11.0 Å². The molecule has 0 saturated carbocycles. The molecule has 1 aromatic carbocycles. The van der Waals surface area contributed by atoms with Crippen LogP contribution in [0.1, 0.15) is 24.6 Å². The van der Waals surface area contributed by atoms with Crippen molar-refractivity contribution in [3.8, 4) is 17.1 Å². The van der Waals surface area contributed by atoms with E-state index in [0.717, 1.165) is 35.6 Å². The minimum absolute atomic E-state index is 0.508. The largest absolute Gasteiger partial charge is 0.494 e. The molecule has 2 rings (SSSR count). The molecule has 1 aromatic heterocycles. The van der Waals surface area contributed by atoms with Crippen LogP contribution in [0.5, 0.6) is 5.75 Å². The molecule has 0 spiro atoms. The molecule has 2 aromatic rings. The van der Waals surface area contributed by atoms with Gasteiger partial charge in [-0.25, -0.2) is 9.97 Å². The average molecular weight is 277 g/mol. The Morgan fingerprint density at radius 3 is 2.37 bits per heavy atom. The van der Waals surface area contributed by atoms with Gasteiger partial charge in [0.15, 0.2) is 5.82 Å². The highest BCUT2D eigenvalue weighted by atomic mass is 35.5. The second-order valence-electron chi connectivity index (χ2n) is 4.42. The van der Waals surface area contributed by atoms with Crippen molar-refractivity contribution in [3.63, 3.8) is 0 Å². The van der Waals surface area contributed by atoms with Gasteiger partial charge < -0.3 is 4.74 Å². The molecule has 0 amide bonds. The van der Waals surface area contributed by atoms with E-state index >= 15 is 0 Å². The Morgan fingerprint density at radius 1 is 1.11 bits per heavy atom. The summed E-state index contributed by atoms with van der Waals surface area (Å²) in [5, 5.41) is 0.508. The molecule has 0 atom stereocenters. The Morgan fingerprint density at radius 2 is 1.79 bits per heavy atom. The van der Waals surface area contributed by atoms with Crippen LogP contribution in [0.15, 0.2) is 24.3 Å². The first-order valence-electron chi connectivity index (χ1n) is 6.35. The molecule has 0 fully saturated rings. The lowest BCUT2D eigenvalue weighted by Crippen LogP contribution is -1.97. The molecule has 0 radical (unpaired) electrons. The molecule has 19 heavy (non-hydrogen) atoms. The molecule has 0 aliphatic heterocycles. The number of nitrogens with zero attached hydrogens (tertiary/aromatic N) is 2.